The second kappa shape index (κ2) is 5.41. The molecular weight excluding hydrogens is 220 g/mol. The predicted octanol–water partition coefficient (Wildman–Crippen LogP) is 2.97. The van der Waals surface area contributed by atoms with Gasteiger partial charge in [0.05, 0.1) is 0 Å². The molecule has 4 unspecified atom stereocenters. The Morgan fingerprint density at radius 2 is 1.83 bits per heavy atom. The van der Waals surface area contributed by atoms with E-state index in [0.717, 1.165) is 11.8 Å². The molecule has 0 aliphatic carbocycles. The lowest BCUT2D eigenvalue weighted by atomic mass is 9.98. The smallest absolute Gasteiger partial charge is 0.0496 e. The maximum atomic E-state index is 6.25. The van der Waals surface area contributed by atoms with Gasteiger partial charge in [0.2, 0.25) is 0 Å². The lowest BCUT2D eigenvalue weighted by Gasteiger charge is -2.31. The highest BCUT2D eigenvalue weighted by molar-refractivity contribution is 5.26. The van der Waals surface area contributed by atoms with E-state index in [4.69, 9.17) is 5.73 Å². The molecule has 1 aromatic rings. The topological polar surface area (TPSA) is 29.3 Å². The van der Waals surface area contributed by atoms with Crippen molar-refractivity contribution in [3.05, 3.63) is 35.4 Å². The van der Waals surface area contributed by atoms with E-state index in [-0.39, 0.29) is 6.04 Å². The minimum Gasteiger partial charge on any atom is -0.326 e. The van der Waals surface area contributed by atoms with Crippen LogP contribution in [0.4, 0.5) is 0 Å². The van der Waals surface area contributed by atoms with Crippen molar-refractivity contribution in [1.29, 1.82) is 0 Å². The largest absolute Gasteiger partial charge is 0.326 e. The molecule has 2 rings (SSSR count). The van der Waals surface area contributed by atoms with Crippen molar-refractivity contribution in [3.8, 4) is 0 Å². The van der Waals surface area contributed by atoms with Crippen molar-refractivity contribution >= 4 is 0 Å². The first-order chi connectivity index (χ1) is 8.49. The number of hydrogen-bond donors (Lipinski definition) is 1. The lowest BCUT2D eigenvalue weighted by Crippen LogP contribution is -2.38. The Balaban J connectivity index is 2.24. The number of aryl methyl sites for hydroxylation is 1. The van der Waals surface area contributed by atoms with Crippen LogP contribution in [0.1, 0.15) is 37.9 Å². The van der Waals surface area contributed by atoms with E-state index in [1.165, 1.54) is 24.2 Å². The molecule has 1 fully saturated rings. The van der Waals surface area contributed by atoms with E-state index in [1.54, 1.807) is 0 Å². The molecule has 4 atom stereocenters. The number of nitrogens with zero attached hydrogens (tertiary/aromatic N) is 1. The summed E-state index contributed by atoms with van der Waals surface area (Å²) in [7, 11) is 0. The van der Waals surface area contributed by atoms with Crippen LogP contribution in [0.15, 0.2) is 24.3 Å². The summed E-state index contributed by atoms with van der Waals surface area (Å²) in [5.41, 5.74) is 8.93. The summed E-state index contributed by atoms with van der Waals surface area (Å²) >= 11 is 0. The summed E-state index contributed by atoms with van der Waals surface area (Å²) in [6.45, 7) is 11.3. The highest BCUT2D eigenvalue weighted by Gasteiger charge is 2.33. The monoisotopic (exact) mass is 246 g/mol. The van der Waals surface area contributed by atoms with Gasteiger partial charge in [-0.2, -0.15) is 0 Å². The molecule has 18 heavy (non-hydrogen) atoms. The van der Waals surface area contributed by atoms with Crippen molar-refractivity contribution in [2.24, 2.45) is 17.6 Å². The molecule has 1 saturated heterocycles. The molecule has 2 nitrogen and oxygen atoms in total. The van der Waals surface area contributed by atoms with E-state index < -0.39 is 0 Å². The van der Waals surface area contributed by atoms with Crippen LogP contribution in [0.25, 0.3) is 0 Å². The zero-order valence-corrected chi connectivity index (χ0v) is 12.1. The maximum absolute atomic E-state index is 6.25. The Labute approximate surface area is 111 Å². The number of nitrogens with two attached hydrogens (primary N) is 1. The normalized spacial score (nSPS) is 28.3. The third kappa shape index (κ3) is 2.76. The van der Waals surface area contributed by atoms with E-state index in [2.05, 4.69) is 56.9 Å². The minimum atomic E-state index is 0.171. The Bertz CT molecular complexity index is 390. The fourth-order valence-electron chi connectivity index (χ4n) is 3.10. The highest BCUT2D eigenvalue weighted by atomic mass is 15.2. The van der Waals surface area contributed by atoms with Gasteiger partial charge in [-0.15, -0.1) is 0 Å². The summed E-state index contributed by atoms with van der Waals surface area (Å²) in [6, 6.07) is 9.32. The molecule has 0 bridgehead atoms. The third-order valence-corrected chi connectivity index (χ3v) is 4.29. The number of rotatable bonds is 3. The molecule has 100 valence electrons. The minimum absolute atomic E-state index is 0.171. The number of hydrogen-bond acceptors (Lipinski definition) is 2. The van der Waals surface area contributed by atoms with Crippen LogP contribution in [-0.4, -0.2) is 24.0 Å². The Morgan fingerprint density at radius 3 is 2.33 bits per heavy atom. The van der Waals surface area contributed by atoms with Gasteiger partial charge in [0.1, 0.15) is 0 Å². The van der Waals surface area contributed by atoms with Crippen LogP contribution in [0, 0.1) is 18.8 Å². The molecule has 1 aromatic carbocycles. The standard InChI is InChI=1S/C16H26N2/c1-11-6-5-7-15(8-11)16(14(4)17)18-9-12(2)13(3)10-18/h5-8,12-14,16H,9-10,17H2,1-4H3. The Kier molecular flexibility index (Phi) is 4.08. The molecule has 0 amide bonds. The van der Waals surface area contributed by atoms with Crippen molar-refractivity contribution < 1.29 is 0 Å². The first-order valence-corrected chi connectivity index (χ1v) is 7.05. The van der Waals surface area contributed by atoms with E-state index >= 15 is 0 Å². The Hall–Kier alpha value is -0.860. The number of likely N-dealkylation sites (tertiary alicyclic amines) is 1. The second-order valence-corrected chi connectivity index (χ2v) is 6.13. The predicted molar refractivity (Wildman–Crippen MR) is 77.5 cm³/mol. The summed E-state index contributed by atoms with van der Waals surface area (Å²) in [5, 5.41) is 0. The summed E-state index contributed by atoms with van der Waals surface area (Å²) in [5.74, 6) is 1.55. The van der Waals surface area contributed by atoms with Gasteiger partial charge in [-0.05, 0) is 31.2 Å². The van der Waals surface area contributed by atoms with Gasteiger partial charge >= 0.3 is 0 Å². The molecule has 2 N–H and O–H groups in total. The first kappa shape index (κ1) is 13.6. The average molecular weight is 246 g/mol. The van der Waals surface area contributed by atoms with Crippen LogP contribution >= 0.6 is 0 Å². The van der Waals surface area contributed by atoms with E-state index in [0.29, 0.717) is 6.04 Å². The molecule has 1 heterocycles. The zero-order chi connectivity index (χ0) is 13.3. The van der Waals surface area contributed by atoms with Crippen LogP contribution in [0.3, 0.4) is 0 Å². The summed E-state index contributed by atoms with van der Waals surface area (Å²) in [4.78, 5) is 2.56. The molecule has 2 heteroatoms. The van der Waals surface area contributed by atoms with Crippen molar-refractivity contribution in [3.63, 3.8) is 0 Å². The lowest BCUT2D eigenvalue weighted by molar-refractivity contribution is 0.209. The van der Waals surface area contributed by atoms with Gasteiger partial charge in [-0.3, -0.25) is 4.90 Å². The molecule has 1 aliphatic heterocycles. The zero-order valence-electron chi connectivity index (χ0n) is 12.1. The Morgan fingerprint density at radius 1 is 1.22 bits per heavy atom. The molecule has 0 aromatic heterocycles. The van der Waals surface area contributed by atoms with Gasteiger partial charge in [-0.25, -0.2) is 0 Å². The maximum Gasteiger partial charge on any atom is 0.0496 e. The van der Waals surface area contributed by atoms with Crippen molar-refractivity contribution in [1.82, 2.24) is 4.90 Å². The van der Waals surface area contributed by atoms with Crippen LogP contribution < -0.4 is 5.73 Å². The summed E-state index contributed by atoms with van der Waals surface area (Å²) < 4.78 is 0. The second-order valence-electron chi connectivity index (χ2n) is 6.13. The fraction of sp³-hybridized carbons (Fsp3) is 0.625. The highest BCUT2D eigenvalue weighted by Crippen LogP contribution is 2.32. The quantitative estimate of drug-likeness (QED) is 0.888. The molecule has 0 spiro atoms. The van der Waals surface area contributed by atoms with Crippen molar-refractivity contribution in [2.75, 3.05) is 13.1 Å². The van der Waals surface area contributed by atoms with Gasteiger partial charge in [0, 0.05) is 25.2 Å². The van der Waals surface area contributed by atoms with Crippen LogP contribution in [0.2, 0.25) is 0 Å². The fourth-order valence-corrected chi connectivity index (χ4v) is 3.10. The van der Waals surface area contributed by atoms with Gasteiger partial charge < -0.3 is 5.73 Å². The molecular formula is C16H26N2. The van der Waals surface area contributed by atoms with Crippen LogP contribution in [-0.2, 0) is 0 Å². The summed E-state index contributed by atoms with van der Waals surface area (Å²) in [6.07, 6.45) is 0. The van der Waals surface area contributed by atoms with E-state index in [1.807, 2.05) is 0 Å². The molecule has 0 saturated carbocycles. The average Bonchev–Trinajstić information content (AvgIpc) is 2.58. The third-order valence-electron chi connectivity index (χ3n) is 4.29. The number of benzene rings is 1. The van der Waals surface area contributed by atoms with E-state index in [9.17, 15) is 0 Å². The van der Waals surface area contributed by atoms with Crippen molar-refractivity contribution in [2.45, 2.75) is 39.8 Å². The molecule has 1 aliphatic rings. The first-order valence-electron chi connectivity index (χ1n) is 7.05. The van der Waals surface area contributed by atoms with Gasteiger partial charge in [0.25, 0.3) is 0 Å². The van der Waals surface area contributed by atoms with Gasteiger partial charge in [-0.1, -0.05) is 43.7 Å². The molecule has 0 radical (unpaired) electrons. The van der Waals surface area contributed by atoms with Crippen LogP contribution in [0.5, 0.6) is 0 Å². The SMILES string of the molecule is Cc1cccc(C(C(C)N)N2CC(C)C(C)C2)c1. The van der Waals surface area contributed by atoms with Gasteiger partial charge in [0.15, 0.2) is 0 Å².